The predicted molar refractivity (Wildman–Crippen MR) is 96.2 cm³/mol. The van der Waals surface area contributed by atoms with Crippen molar-refractivity contribution in [2.45, 2.75) is 6.92 Å². The fraction of sp³-hybridized carbons (Fsp3) is 0.158. The third-order valence-corrected chi connectivity index (χ3v) is 4.03. The molecule has 0 saturated carbocycles. The lowest BCUT2D eigenvalue weighted by Gasteiger charge is -2.13. The van der Waals surface area contributed by atoms with E-state index in [2.05, 4.69) is 15.5 Å². The monoisotopic (exact) mass is 373 g/mol. The zero-order chi connectivity index (χ0) is 19.6. The molecular weight excluding hydrogens is 356 g/mol. The number of nitrogens with zero attached hydrogens (tertiary/aromatic N) is 1. The maximum Gasteiger partial charge on any atom is 0.263 e. The quantitative estimate of drug-likeness (QED) is 0.710. The lowest BCUT2D eigenvalue weighted by Crippen LogP contribution is -2.15. The summed E-state index contributed by atoms with van der Waals surface area (Å²) in [5.41, 5.74) is 1.71. The third kappa shape index (κ3) is 3.46. The number of aromatic nitrogens is 2. The smallest absolute Gasteiger partial charge is 0.263 e. The van der Waals surface area contributed by atoms with Crippen molar-refractivity contribution < 1.29 is 23.0 Å². The molecule has 0 unspecified atom stereocenters. The van der Waals surface area contributed by atoms with Crippen molar-refractivity contribution in [3.63, 3.8) is 0 Å². The molecule has 8 heteroatoms. The Bertz CT molecular complexity index is 980. The molecule has 0 saturated heterocycles. The van der Waals surface area contributed by atoms with Gasteiger partial charge >= 0.3 is 0 Å². The minimum absolute atomic E-state index is 0.208. The van der Waals surface area contributed by atoms with Crippen molar-refractivity contribution in [2.24, 2.45) is 0 Å². The number of halogens is 2. The first-order valence-electron chi connectivity index (χ1n) is 7.99. The van der Waals surface area contributed by atoms with Gasteiger partial charge in [0.05, 0.1) is 25.6 Å². The van der Waals surface area contributed by atoms with E-state index in [1.54, 1.807) is 25.1 Å². The molecule has 1 aromatic heterocycles. The van der Waals surface area contributed by atoms with Crippen molar-refractivity contribution in [2.75, 3.05) is 19.5 Å². The summed E-state index contributed by atoms with van der Waals surface area (Å²) in [7, 11) is 2.89. The number of nitrogens with one attached hydrogen (secondary N) is 2. The number of anilines is 1. The number of aromatic amines is 1. The molecule has 2 aromatic carbocycles. The number of carbonyl (C=O) groups excluding carboxylic acids is 1. The van der Waals surface area contributed by atoms with E-state index >= 15 is 0 Å². The number of hydrogen-bond donors (Lipinski definition) is 2. The van der Waals surface area contributed by atoms with Crippen LogP contribution in [0.1, 0.15) is 16.1 Å². The van der Waals surface area contributed by atoms with Crippen LogP contribution < -0.4 is 14.8 Å². The lowest BCUT2D eigenvalue weighted by atomic mass is 10.1. The highest BCUT2D eigenvalue weighted by Gasteiger charge is 2.22. The van der Waals surface area contributed by atoms with Crippen LogP contribution in [-0.2, 0) is 0 Å². The van der Waals surface area contributed by atoms with Crippen molar-refractivity contribution in [1.29, 1.82) is 0 Å². The van der Waals surface area contributed by atoms with Gasteiger partial charge < -0.3 is 14.8 Å². The zero-order valence-electron chi connectivity index (χ0n) is 14.9. The second-order valence-corrected chi connectivity index (χ2v) is 5.69. The maximum absolute atomic E-state index is 13.6. The summed E-state index contributed by atoms with van der Waals surface area (Å²) in [6.45, 7) is 1.70. The molecule has 0 atom stereocenters. The van der Waals surface area contributed by atoms with Crippen LogP contribution in [0.3, 0.4) is 0 Å². The van der Waals surface area contributed by atoms with Crippen LogP contribution >= 0.6 is 0 Å². The number of aryl methyl sites for hydroxylation is 1. The molecule has 27 heavy (non-hydrogen) atoms. The van der Waals surface area contributed by atoms with Gasteiger partial charge in [-0.05, 0) is 37.3 Å². The van der Waals surface area contributed by atoms with Crippen molar-refractivity contribution >= 4 is 11.6 Å². The van der Waals surface area contributed by atoms with Crippen LogP contribution in [0, 0.1) is 18.6 Å². The van der Waals surface area contributed by atoms with Crippen LogP contribution in [0.5, 0.6) is 11.5 Å². The van der Waals surface area contributed by atoms with Crippen molar-refractivity contribution in [3.05, 3.63) is 59.3 Å². The highest BCUT2D eigenvalue weighted by molar-refractivity contribution is 6.09. The van der Waals surface area contributed by atoms with E-state index in [0.717, 1.165) is 12.1 Å². The van der Waals surface area contributed by atoms with Gasteiger partial charge in [-0.3, -0.25) is 9.89 Å². The summed E-state index contributed by atoms with van der Waals surface area (Å²) in [5, 5.41) is 9.59. The first kappa shape index (κ1) is 18.4. The molecule has 3 aromatic rings. The van der Waals surface area contributed by atoms with Gasteiger partial charge in [0.15, 0.2) is 11.6 Å². The van der Waals surface area contributed by atoms with Gasteiger partial charge in [0.1, 0.15) is 22.8 Å². The Morgan fingerprint density at radius 1 is 1.07 bits per heavy atom. The Kier molecular flexibility index (Phi) is 5.07. The van der Waals surface area contributed by atoms with Gasteiger partial charge in [0, 0.05) is 5.56 Å². The van der Waals surface area contributed by atoms with Crippen molar-refractivity contribution in [3.8, 4) is 22.8 Å². The summed E-state index contributed by atoms with van der Waals surface area (Å²) < 4.78 is 37.3. The van der Waals surface area contributed by atoms with Gasteiger partial charge in [-0.25, -0.2) is 8.78 Å². The molecule has 0 radical (unpaired) electrons. The fourth-order valence-corrected chi connectivity index (χ4v) is 2.69. The molecule has 3 rings (SSSR count). The third-order valence-electron chi connectivity index (χ3n) is 4.03. The van der Waals surface area contributed by atoms with E-state index in [9.17, 15) is 13.6 Å². The van der Waals surface area contributed by atoms with Crippen molar-refractivity contribution in [1.82, 2.24) is 10.2 Å². The number of amides is 1. The summed E-state index contributed by atoms with van der Waals surface area (Å²) in [6, 6.07) is 8.37. The molecule has 0 bridgehead atoms. The van der Waals surface area contributed by atoms with Gasteiger partial charge in [-0.1, -0.05) is 6.07 Å². The van der Waals surface area contributed by atoms with Gasteiger partial charge in [0.2, 0.25) is 0 Å². The van der Waals surface area contributed by atoms with E-state index in [1.807, 2.05) is 0 Å². The molecule has 140 valence electrons. The number of hydrogen-bond acceptors (Lipinski definition) is 4. The van der Waals surface area contributed by atoms with Gasteiger partial charge in [-0.15, -0.1) is 0 Å². The molecule has 0 spiro atoms. The van der Waals surface area contributed by atoms with E-state index in [-0.39, 0.29) is 11.3 Å². The van der Waals surface area contributed by atoms with Crippen LogP contribution in [-0.4, -0.2) is 30.3 Å². The maximum atomic E-state index is 13.6. The summed E-state index contributed by atoms with van der Waals surface area (Å²) in [4.78, 5) is 12.9. The number of ether oxygens (including phenoxy) is 2. The molecule has 0 aliphatic rings. The Hall–Kier alpha value is -3.42. The highest BCUT2D eigenvalue weighted by Crippen LogP contribution is 2.33. The first-order valence-corrected chi connectivity index (χ1v) is 7.99. The van der Waals surface area contributed by atoms with Crippen LogP contribution in [0.4, 0.5) is 14.5 Å². The number of rotatable bonds is 5. The molecule has 1 heterocycles. The molecule has 0 aliphatic heterocycles. The number of benzene rings is 2. The molecule has 1 amide bonds. The highest BCUT2D eigenvalue weighted by atomic mass is 19.2. The normalized spacial score (nSPS) is 10.6. The molecule has 0 fully saturated rings. The lowest BCUT2D eigenvalue weighted by molar-refractivity contribution is 0.102. The van der Waals surface area contributed by atoms with Crippen LogP contribution in [0.25, 0.3) is 11.3 Å². The zero-order valence-corrected chi connectivity index (χ0v) is 14.9. The summed E-state index contributed by atoms with van der Waals surface area (Å²) in [5.74, 6) is -1.78. The first-order chi connectivity index (χ1) is 13.0. The molecular formula is C19H17F2N3O3. The Morgan fingerprint density at radius 2 is 1.74 bits per heavy atom. The fourth-order valence-electron chi connectivity index (χ4n) is 2.69. The Labute approximate surface area is 154 Å². The predicted octanol–water partition coefficient (Wildman–Crippen LogP) is 3.93. The summed E-state index contributed by atoms with van der Waals surface area (Å²) in [6.07, 6.45) is 0. The van der Waals surface area contributed by atoms with Gasteiger partial charge in [-0.2, -0.15) is 5.10 Å². The number of carbonyl (C=O) groups is 1. The molecule has 0 aliphatic carbocycles. The number of H-pyrrole nitrogens is 1. The van der Waals surface area contributed by atoms with Crippen LogP contribution in [0.15, 0.2) is 36.4 Å². The standard InChI is InChI=1S/C19H17F2N3O3/c1-10-17(18(24-23-10)11-7-8-12(20)13(21)9-11)22-19(25)16-14(26-2)5-4-6-15(16)27-3/h4-9H,1-3H3,(H,22,25)(H,23,24). The van der Waals surface area contributed by atoms with E-state index in [4.69, 9.17) is 9.47 Å². The largest absolute Gasteiger partial charge is 0.496 e. The second kappa shape index (κ2) is 7.45. The molecule has 6 nitrogen and oxygen atoms in total. The molecule has 2 N–H and O–H groups in total. The van der Waals surface area contributed by atoms with E-state index < -0.39 is 17.5 Å². The SMILES string of the molecule is COc1cccc(OC)c1C(=O)Nc1c(-c2ccc(F)c(F)c2)n[nH]c1C. The van der Waals surface area contributed by atoms with Gasteiger partial charge in [0.25, 0.3) is 5.91 Å². The minimum Gasteiger partial charge on any atom is -0.496 e. The minimum atomic E-state index is -1.00. The summed E-state index contributed by atoms with van der Waals surface area (Å²) >= 11 is 0. The Morgan fingerprint density at radius 3 is 2.33 bits per heavy atom. The number of methoxy groups -OCH3 is 2. The van der Waals surface area contributed by atoms with E-state index in [1.165, 1.54) is 20.3 Å². The average molecular weight is 373 g/mol. The average Bonchev–Trinajstić information content (AvgIpc) is 3.03. The van der Waals surface area contributed by atoms with E-state index in [0.29, 0.717) is 28.4 Å². The Balaban J connectivity index is 2.01. The van der Waals surface area contributed by atoms with Crippen LogP contribution in [0.2, 0.25) is 0 Å². The topological polar surface area (TPSA) is 76.2 Å². The second-order valence-electron chi connectivity index (χ2n) is 5.69.